The van der Waals surface area contributed by atoms with Crippen LogP contribution in [0.3, 0.4) is 0 Å². The van der Waals surface area contributed by atoms with E-state index in [0.717, 1.165) is 89.9 Å². The Bertz CT molecular complexity index is 938. The second-order valence-electron chi connectivity index (χ2n) is 14.0. The molecule has 0 radical (unpaired) electrons. The largest absolute Gasteiger partial charge is 0.462 e. The van der Waals surface area contributed by atoms with Crippen LogP contribution in [0, 0.1) is 0 Å². The summed E-state index contributed by atoms with van der Waals surface area (Å²) in [6.07, 6.45) is 42.8. The van der Waals surface area contributed by atoms with Gasteiger partial charge in [-0.3, -0.25) is 14.4 Å². The van der Waals surface area contributed by atoms with Crippen LogP contribution in [0.25, 0.3) is 0 Å². The number of hydrogen-bond donors (Lipinski definition) is 0. The second kappa shape index (κ2) is 38.6. The highest BCUT2D eigenvalue weighted by molar-refractivity contribution is 5.71. The number of carbonyl (C=O) groups is 3. The van der Waals surface area contributed by atoms with Crippen molar-refractivity contribution < 1.29 is 28.6 Å². The van der Waals surface area contributed by atoms with Gasteiger partial charge in [-0.2, -0.15) is 0 Å². The van der Waals surface area contributed by atoms with E-state index in [1.165, 1.54) is 51.4 Å². The molecule has 0 bridgehead atoms. The Labute approximate surface area is 313 Å². The molecule has 0 aliphatic carbocycles. The number of allylic oxidation sites excluding steroid dienone is 8. The second-order valence-corrected chi connectivity index (χ2v) is 14.0. The number of carbonyl (C=O) groups excluding carboxylic acids is 3. The predicted molar refractivity (Wildman–Crippen MR) is 214 cm³/mol. The Morgan fingerprint density at radius 3 is 1.27 bits per heavy atom. The Hall–Kier alpha value is -2.67. The first-order valence-electron chi connectivity index (χ1n) is 20.6. The number of rotatable bonds is 36. The lowest BCUT2D eigenvalue weighted by Crippen LogP contribution is -2.31. The molecule has 0 N–H and O–H groups in total. The van der Waals surface area contributed by atoms with Gasteiger partial charge in [0.25, 0.3) is 0 Å². The highest BCUT2D eigenvalue weighted by Crippen LogP contribution is 2.12. The summed E-state index contributed by atoms with van der Waals surface area (Å²) in [5, 5.41) is 0. The maximum atomic E-state index is 12.6. The van der Waals surface area contributed by atoms with E-state index in [0.29, 0.717) is 19.4 Å². The molecule has 0 rings (SSSR count). The Morgan fingerprint density at radius 2 is 0.843 bits per heavy atom. The fraction of sp³-hybridized carbons (Fsp3) is 0.750. The van der Waals surface area contributed by atoms with Gasteiger partial charge in [0, 0.05) is 19.4 Å². The van der Waals surface area contributed by atoms with Crippen LogP contribution in [0.15, 0.2) is 48.6 Å². The van der Waals surface area contributed by atoms with E-state index in [1.54, 1.807) is 0 Å². The minimum atomic E-state index is -0.799. The molecule has 0 heterocycles. The highest BCUT2D eigenvalue weighted by Gasteiger charge is 2.19. The molecule has 0 aromatic heterocycles. The number of hydrogen-bond acceptors (Lipinski definition) is 7. The third-order valence-electron chi connectivity index (χ3n) is 8.58. The van der Waals surface area contributed by atoms with Crippen LogP contribution in [-0.2, 0) is 28.6 Å². The first kappa shape index (κ1) is 48.3. The lowest BCUT2D eigenvalue weighted by atomic mass is 10.1. The van der Waals surface area contributed by atoms with Gasteiger partial charge in [-0.15, -0.1) is 0 Å². The molecule has 7 nitrogen and oxygen atoms in total. The fourth-order valence-corrected chi connectivity index (χ4v) is 5.35. The van der Waals surface area contributed by atoms with Crippen LogP contribution in [0.5, 0.6) is 0 Å². The number of nitrogens with zero attached hydrogens (tertiary/aromatic N) is 1. The molecule has 0 spiro atoms. The molecule has 1 atom stereocenters. The normalized spacial score (nSPS) is 12.6. The van der Waals surface area contributed by atoms with Crippen molar-refractivity contribution in [2.45, 2.75) is 180 Å². The maximum Gasteiger partial charge on any atom is 0.307 e. The topological polar surface area (TPSA) is 82.1 Å². The lowest BCUT2D eigenvalue weighted by Gasteiger charge is -2.18. The van der Waals surface area contributed by atoms with Gasteiger partial charge in [-0.25, -0.2) is 0 Å². The smallest absolute Gasteiger partial charge is 0.307 e. The molecule has 0 amide bonds. The zero-order chi connectivity index (χ0) is 37.5. The van der Waals surface area contributed by atoms with E-state index in [9.17, 15) is 14.4 Å². The first-order chi connectivity index (χ1) is 24.9. The molecule has 7 heteroatoms. The third-order valence-corrected chi connectivity index (χ3v) is 8.58. The molecule has 294 valence electrons. The summed E-state index contributed by atoms with van der Waals surface area (Å²) in [7, 11) is 3.77. The molecular weight excluding hydrogens is 638 g/mol. The molecule has 0 saturated heterocycles. The van der Waals surface area contributed by atoms with Crippen LogP contribution >= 0.6 is 0 Å². The van der Waals surface area contributed by atoms with E-state index >= 15 is 0 Å². The number of esters is 3. The van der Waals surface area contributed by atoms with E-state index in [1.807, 2.05) is 19.0 Å². The van der Waals surface area contributed by atoms with Gasteiger partial charge in [-0.1, -0.05) is 127 Å². The molecule has 51 heavy (non-hydrogen) atoms. The maximum absolute atomic E-state index is 12.6. The van der Waals surface area contributed by atoms with Gasteiger partial charge in [-0.05, 0) is 91.1 Å². The molecule has 0 fully saturated rings. The number of unbranched alkanes of at least 4 members (excludes halogenated alkanes) is 16. The van der Waals surface area contributed by atoms with Crippen molar-refractivity contribution in [2.75, 3.05) is 33.9 Å². The Balaban J connectivity index is 4.22. The van der Waals surface area contributed by atoms with Crippen LogP contribution in [-0.4, -0.2) is 62.8 Å². The molecule has 0 aromatic rings. The van der Waals surface area contributed by atoms with Crippen molar-refractivity contribution in [1.82, 2.24) is 4.90 Å². The summed E-state index contributed by atoms with van der Waals surface area (Å²) >= 11 is 0. The minimum Gasteiger partial charge on any atom is -0.462 e. The Morgan fingerprint density at radius 1 is 0.471 bits per heavy atom. The van der Waals surface area contributed by atoms with Crippen LogP contribution in [0.1, 0.15) is 174 Å². The lowest BCUT2D eigenvalue weighted by molar-refractivity contribution is -0.167. The average molecular weight is 716 g/mol. The standard InChI is InChI=1S/C44H77NO6/c1-5-7-9-11-13-15-17-19-21-23-25-27-29-31-33-35-42(46)49-39-41(40-50-43(47)37-38-45(3)4)51-44(48)36-34-32-30-28-26-24-22-20-18-16-14-12-10-8-6-2/h13-16,19-22,41H,5-12,17-18,23-40H2,1-4H3/b15-13-,16-14-,21-19-,22-20-/t41-/m1/s1. The molecule has 0 aliphatic rings. The summed E-state index contributed by atoms with van der Waals surface area (Å²) in [6.45, 7) is 4.82. The average Bonchev–Trinajstić information content (AvgIpc) is 3.11. The predicted octanol–water partition coefficient (Wildman–Crippen LogP) is 11.6. The van der Waals surface area contributed by atoms with Crippen molar-refractivity contribution in [1.29, 1.82) is 0 Å². The quantitative estimate of drug-likeness (QED) is 0.0276. The first-order valence-corrected chi connectivity index (χ1v) is 20.6. The molecular formula is C44H77NO6. The SMILES string of the molecule is CCCCC/C=C\C/C=C\CCCCCCCC(=O)OC[C@H](COC(=O)CCN(C)C)OC(=O)CCCCCCC/C=C\C/C=C\CCCCC. The van der Waals surface area contributed by atoms with E-state index in [4.69, 9.17) is 14.2 Å². The van der Waals surface area contributed by atoms with Crippen molar-refractivity contribution in [3.63, 3.8) is 0 Å². The summed E-state index contributed by atoms with van der Waals surface area (Å²) in [6, 6.07) is 0. The van der Waals surface area contributed by atoms with Crippen molar-refractivity contribution in [2.24, 2.45) is 0 Å². The summed E-state index contributed by atoms with van der Waals surface area (Å²) in [5.74, 6) is -1.02. The zero-order valence-electron chi connectivity index (χ0n) is 33.4. The number of ether oxygens (including phenoxy) is 3. The van der Waals surface area contributed by atoms with Crippen LogP contribution in [0.2, 0.25) is 0 Å². The summed E-state index contributed by atoms with van der Waals surface area (Å²) in [5.41, 5.74) is 0. The monoisotopic (exact) mass is 716 g/mol. The summed E-state index contributed by atoms with van der Waals surface area (Å²) in [4.78, 5) is 39.1. The van der Waals surface area contributed by atoms with Gasteiger partial charge in [0.2, 0.25) is 0 Å². The van der Waals surface area contributed by atoms with Gasteiger partial charge < -0.3 is 19.1 Å². The zero-order valence-corrected chi connectivity index (χ0v) is 33.4. The van der Waals surface area contributed by atoms with Gasteiger partial charge >= 0.3 is 17.9 Å². The van der Waals surface area contributed by atoms with E-state index in [-0.39, 0.29) is 37.5 Å². The molecule has 0 aromatic carbocycles. The van der Waals surface area contributed by atoms with Crippen molar-refractivity contribution in [3.05, 3.63) is 48.6 Å². The van der Waals surface area contributed by atoms with E-state index in [2.05, 4.69) is 62.5 Å². The summed E-state index contributed by atoms with van der Waals surface area (Å²) < 4.78 is 16.4. The highest BCUT2D eigenvalue weighted by atomic mass is 16.6. The fourth-order valence-electron chi connectivity index (χ4n) is 5.35. The minimum absolute atomic E-state index is 0.103. The van der Waals surface area contributed by atoms with Gasteiger partial charge in [0.15, 0.2) is 6.10 Å². The Kier molecular flexibility index (Phi) is 36.5. The van der Waals surface area contributed by atoms with Crippen molar-refractivity contribution >= 4 is 17.9 Å². The van der Waals surface area contributed by atoms with E-state index < -0.39 is 6.10 Å². The molecule has 0 unspecified atom stereocenters. The third kappa shape index (κ3) is 38.4. The van der Waals surface area contributed by atoms with Crippen LogP contribution in [0.4, 0.5) is 0 Å². The van der Waals surface area contributed by atoms with Gasteiger partial charge in [0.05, 0.1) is 6.42 Å². The molecule has 0 saturated carbocycles. The van der Waals surface area contributed by atoms with Crippen molar-refractivity contribution in [3.8, 4) is 0 Å². The van der Waals surface area contributed by atoms with Gasteiger partial charge in [0.1, 0.15) is 13.2 Å². The molecule has 0 aliphatic heterocycles. The van der Waals surface area contributed by atoms with Crippen LogP contribution < -0.4 is 0 Å².